The smallest absolute Gasteiger partial charge is 0.253 e. The van der Waals surface area contributed by atoms with Crippen LogP contribution in [-0.4, -0.2) is 29.9 Å². The maximum absolute atomic E-state index is 12.6. The van der Waals surface area contributed by atoms with E-state index in [0.717, 1.165) is 5.75 Å². The number of benzene rings is 2. The van der Waals surface area contributed by atoms with Crippen LogP contribution in [0.1, 0.15) is 16.8 Å². The first-order valence-corrected chi connectivity index (χ1v) is 9.77. The Morgan fingerprint density at radius 2 is 1.88 bits per heavy atom. The molecule has 0 aliphatic rings. The lowest BCUT2D eigenvalue weighted by Gasteiger charge is -2.18. The fourth-order valence-corrected chi connectivity index (χ4v) is 3.06. The van der Waals surface area contributed by atoms with Gasteiger partial charge in [0.1, 0.15) is 6.04 Å². The summed E-state index contributed by atoms with van der Waals surface area (Å²) >= 11 is 13.6. The number of thioether (sulfide) groups is 1. The van der Waals surface area contributed by atoms with Crippen molar-refractivity contribution < 1.29 is 9.59 Å². The van der Waals surface area contributed by atoms with Crippen molar-refractivity contribution >= 4 is 52.5 Å². The Hall–Kier alpha value is -1.69. The third kappa shape index (κ3) is 5.96. The van der Waals surface area contributed by atoms with E-state index >= 15 is 0 Å². The standard InChI is InChI=1S/C18H18Cl2N2O2S/c1-25-10-9-16(18(24)21-13-6-4-5-12(19)11-13)22-17(23)14-7-2-3-8-15(14)20/h2-8,11,16H,9-10H2,1H3,(H,21,24)(H,22,23). The van der Waals surface area contributed by atoms with Crippen LogP contribution >= 0.6 is 35.0 Å². The van der Waals surface area contributed by atoms with Gasteiger partial charge in [-0.3, -0.25) is 9.59 Å². The number of halogens is 2. The van der Waals surface area contributed by atoms with Gasteiger partial charge < -0.3 is 10.6 Å². The molecule has 2 rings (SSSR count). The highest BCUT2D eigenvalue weighted by Gasteiger charge is 2.22. The van der Waals surface area contributed by atoms with E-state index in [1.165, 1.54) is 0 Å². The monoisotopic (exact) mass is 396 g/mol. The summed E-state index contributed by atoms with van der Waals surface area (Å²) in [5.41, 5.74) is 0.924. The van der Waals surface area contributed by atoms with Crippen molar-refractivity contribution in [3.05, 3.63) is 64.1 Å². The molecule has 0 aliphatic carbocycles. The van der Waals surface area contributed by atoms with Crippen molar-refractivity contribution in [2.24, 2.45) is 0 Å². The van der Waals surface area contributed by atoms with Gasteiger partial charge in [0.2, 0.25) is 5.91 Å². The van der Waals surface area contributed by atoms with Gasteiger partial charge in [0.25, 0.3) is 5.91 Å². The summed E-state index contributed by atoms with van der Waals surface area (Å²) in [4.78, 5) is 25.0. The molecular formula is C18H18Cl2N2O2S. The Balaban J connectivity index is 2.10. The van der Waals surface area contributed by atoms with Crippen molar-refractivity contribution in [1.29, 1.82) is 0 Å². The van der Waals surface area contributed by atoms with Gasteiger partial charge in [-0.25, -0.2) is 0 Å². The molecule has 0 heterocycles. The van der Waals surface area contributed by atoms with Crippen LogP contribution in [0.4, 0.5) is 5.69 Å². The number of carbonyl (C=O) groups is 2. The fraction of sp³-hybridized carbons (Fsp3) is 0.222. The van der Waals surface area contributed by atoms with Crippen LogP contribution in [-0.2, 0) is 4.79 Å². The number of nitrogens with one attached hydrogen (secondary N) is 2. The van der Waals surface area contributed by atoms with E-state index in [1.807, 2.05) is 6.26 Å². The van der Waals surface area contributed by atoms with Gasteiger partial charge in [0.05, 0.1) is 10.6 Å². The van der Waals surface area contributed by atoms with Gasteiger partial charge >= 0.3 is 0 Å². The molecule has 25 heavy (non-hydrogen) atoms. The van der Waals surface area contributed by atoms with Crippen LogP contribution in [0.25, 0.3) is 0 Å². The molecule has 0 fully saturated rings. The largest absolute Gasteiger partial charge is 0.340 e. The van der Waals surface area contributed by atoms with Crippen molar-refractivity contribution in [2.45, 2.75) is 12.5 Å². The van der Waals surface area contributed by atoms with E-state index in [2.05, 4.69) is 10.6 Å². The lowest BCUT2D eigenvalue weighted by Crippen LogP contribution is -2.44. The number of rotatable bonds is 7. The van der Waals surface area contributed by atoms with Crippen LogP contribution in [0.2, 0.25) is 10.0 Å². The zero-order valence-corrected chi connectivity index (χ0v) is 15.9. The van der Waals surface area contributed by atoms with Gasteiger partial charge in [0.15, 0.2) is 0 Å². The summed E-state index contributed by atoms with van der Waals surface area (Å²) in [6.45, 7) is 0. The van der Waals surface area contributed by atoms with Gasteiger partial charge in [-0.05, 0) is 48.8 Å². The highest BCUT2D eigenvalue weighted by molar-refractivity contribution is 7.98. The third-order valence-electron chi connectivity index (χ3n) is 3.44. The van der Waals surface area contributed by atoms with E-state index in [0.29, 0.717) is 27.7 Å². The first kappa shape index (κ1) is 19.6. The van der Waals surface area contributed by atoms with Crippen LogP contribution in [0.15, 0.2) is 48.5 Å². The van der Waals surface area contributed by atoms with Crippen LogP contribution in [0.5, 0.6) is 0 Å². The highest BCUT2D eigenvalue weighted by Crippen LogP contribution is 2.17. The zero-order chi connectivity index (χ0) is 18.2. The molecule has 1 atom stereocenters. The normalized spacial score (nSPS) is 11.6. The molecule has 0 saturated carbocycles. The molecule has 7 heteroatoms. The summed E-state index contributed by atoms with van der Waals surface area (Å²) < 4.78 is 0. The van der Waals surface area contributed by atoms with E-state index in [4.69, 9.17) is 23.2 Å². The minimum atomic E-state index is -0.671. The number of hydrogen-bond donors (Lipinski definition) is 2. The molecule has 0 bridgehead atoms. The van der Waals surface area contributed by atoms with Gasteiger partial charge in [-0.1, -0.05) is 41.4 Å². The fourth-order valence-electron chi connectivity index (χ4n) is 2.18. The second-order valence-electron chi connectivity index (χ2n) is 5.29. The summed E-state index contributed by atoms with van der Waals surface area (Å²) in [5, 5.41) is 6.42. The molecule has 0 saturated heterocycles. The molecular weight excluding hydrogens is 379 g/mol. The SMILES string of the molecule is CSCCC(NC(=O)c1ccccc1Cl)C(=O)Nc1cccc(Cl)c1. The Morgan fingerprint density at radius 3 is 2.56 bits per heavy atom. The van der Waals surface area contributed by atoms with E-state index in [-0.39, 0.29) is 11.8 Å². The van der Waals surface area contributed by atoms with Crippen LogP contribution in [0.3, 0.4) is 0 Å². The Morgan fingerprint density at radius 1 is 1.12 bits per heavy atom. The van der Waals surface area contributed by atoms with E-state index < -0.39 is 6.04 Å². The van der Waals surface area contributed by atoms with Crippen molar-refractivity contribution in [3.63, 3.8) is 0 Å². The minimum absolute atomic E-state index is 0.295. The summed E-state index contributed by atoms with van der Waals surface area (Å²) in [6.07, 6.45) is 2.45. The van der Waals surface area contributed by atoms with Gasteiger partial charge in [-0.15, -0.1) is 0 Å². The highest BCUT2D eigenvalue weighted by atomic mass is 35.5. The number of anilines is 1. The van der Waals surface area contributed by atoms with Gasteiger partial charge in [0, 0.05) is 10.7 Å². The first-order chi connectivity index (χ1) is 12.0. The van der Waals surface area contributed by atoms with E-state index in [1.54, 1.807) is 60.3 Å². The van der Waals surface area contributed by atoms with Crippen molar-refractivity contribution in [1.82, 2.24) is 5.32 Å². The minimum Gasteiger partial charge on any atom is -0.340 e. The molecule has 0 aliphatic heterocycles. The first-order valence-electron chi connectivity index (χ1n) is 7.62. The Bertz CT molecular complexity index is 755. The molecule has 2 aromatic carbocycles. The molecule has 132 valence electrons. The summed E-state index contributed by atoms with van der Waals surface area (Å²) in [6, 6.07) is 12.9. The molecule has 4 nitrogen and oxygen atoms in total. The second-order valence-corrected chi connectivity index (χ2v) is 7.12. The summed E-state index contributed by atoms with van der Waals surface area (Å²) in [5.74, 6) is 0.0610. The van der Waals surface area contributed by atoms with E-state index in [9.17, 15) is 9.59 Å². The van der Waals surface area contributed by atoms with Gasteiger partial charge in [-0.2, -0.15) is 11.8 Å². The Kier molecular flexibility index (Phi) is 7.62. The average Bonchev–Trinajstić information content (AvgIpc) is 2.58. The lowest BCUT2D eigenvalue weighted by atomic mass is 10.1. The van der Waals surface area contributed by atoms with Crippen molar-refractivity contribution in [2.75, 3.05) is 17.3 Å². The zero-order valence-electron chi connectivity index (χ0n) is 13.6. The predicted molar refractivity (Wildman–Crippen MR) is 106 cm³/mol. The second kappa shape index (κ2) is 9.70. The molecule has 1 unspecified atom stereocenters. The maximum Gasteiger partial charge on any atom is 0.253 e. The molecule has 2 amide bonds. The number of carbonyl (C=O) groups excluding carboxylic acids is 2. The topological polar surface area (TPSA) is 58.2 Å². The number of hydrogen-bond acceptors (Lipinski definition) is 3. The molecule has 0 spiro atoms. The van der Waals surface area contributed by atoms with Crippen LogP contribution < -0.4 is 10.6 Å². The Labute approximate surface area is 161 Å². The third-order valence-corrected chi connectivity index (χ3v) is 4.65. The number of amides is 2. The maximum atomic E-state index is 12.6. The summed E-state index contributed by atoms with van der Waals surface area (Å²) in [7, 11) is 0. The molecule has 2 aromatic rings. The quantitative estimate of drug-likeness (QED) is 0.724. The molecule has 0 radical (unpaired) electrons. The lowest BCUT2D eigenvalue weighted by molar-refractivity contribution is -0.118. The van der Waals surface area contributed by atoms with Crippen molar-refractivity contribution in [3.8, 4) is 0 Å². The van der Waals surface area contributed by atoms with Crippen LogP contribution in [0, 0.1) is 0 Å². The molecule has 0 aromatic heterocycles. The predicted octanol–water partition coefficient (Wildman–Crippen LogP) is 4.48. The molecule has 2 N–H and O–H groups in total. The average molecular weight is 397 g/mol.